The Labute approximate surface area is 223 Å². The fraction of sp³-hybridized carbons (Fsp3) is 0.393. The van der Waals surface area contributed by atoms with Crippen molar-refractivity contribution in [2.24, 2.45) is 0 Å². The van der Waals surface area contributed by atoms with Crippen LogP contribution in [0.1, 0.15) is 39.3 Å². The van der Waals surface area contributed by atoms with E-state index in [0.717, 1.165) is 5.56 Å². The minimum absolute atomic E-state index is 0.0684. The molecule has 0 bridgehead atoms. The zero-order valence-corrected chi connectivity index (χ0v) is 22.7. The van der Waals surface area contributed by atoms with Crippen LogP contribution in [0.25, 0.3) is 11.4 Å². The highest BCUT2D eigenvalue weighted by molar-refractivity contribution is 7.92. The van der Waals surface area contributed by atoms with Crippen LogP contribution in [0.2, 0.25) is 0 Å². The minimum atomic E-state index is -3.67. The van der Waals surface area contributed by atoms with Crippen LogP contribution in [-0.4, -0.2) is 56.3 Å². The number of urea groups is 1. The van der Waals surface area contributed by atoms with Crippen molar-refractivity contribution in [3.63, 3.8) is 0 Å². The molecule has 2 fully saturated rings. The summed E-state index contributed by atoms with van der Waals surface area (Å²) in [4.78, 5) is 24.1. The number of sulfone groups is 1. The first kappa shape index (κ1) is 26.1. The third kappa shape index (κ3) is 4.86. The predicted molar refractivity (Wildman–Crippen MR) is 147 cm³/mol. The van der Waals surface area contributed by atoms with Gasteiger partial charge in [-0.2, -0.15) is 0 Å². The second kappa shape index (κ2) is 10.3. The summed E-state index contributed by atoms with van der Waals surface area (Å²) in [6, 6.07) is 17.5. The number of hydrogen-bond donors (Lipinski definition) is 2. The standard InChI is InChI=1S/C28H33N5O4S/c1-4-29-27(34)30-22-12-10-21(11-13-22)26-31-24(16-25(32-26)33-19(2)17-37-18-20(33)3)28(14-15-28)38(35,36)23-8-6-5-7-9-23/h5-13,16,19-20H,4,14-15,17-18H2,1-3H3,(H2,29,30,34)/t19-,20-/m0/s1. The van der Waals surface area contributed by atoms with Crippen molar-refractivity contribution in [1.82, 2.24) is 15.3 Å². The Balaban J connectivity index is 1.58. The molecule has 38 heavy (non-hydrogen) atoms. The summed E-state index contributed by atoms with van der Waals surface area (Å²) in [5.41, 5.74) is 1.88. The van der Waals surface area contributed by atoms with E-state index < -0.39 is 14.6 Å². The maximum atomic E-state index is 13.8. The molecule has 10 heteroatoms. The van der Waals surface area contributed by atoms with E-state index in [1.807, 2.05) is 31.2 Å². The van der Waals surface area contributed by atoms with E-state index in [9.17, 15) is 13.2 Å². The van der Waals surface area contributed by atoms with Gasteiger partial charge in [0.2, 0.25) is 0 Å². The number of morpholine rings is 1. The van der Waals surface area contributed by atoms with Gasteiger partial charge in [0.25, 0.3) is 0 Å². The van der Waals surface area contributed by atoms with Crippen molar-refractivity contribution in [2.75, 3.05) is 30.0 Å². The molecule has 1 aromatic heterocycles. The zero-order valence-electron chi connectivity index (χ0n) is 21.8. The van der Waals surface area contributed by atoms with Crippen LogP contribution in [-0.2, 0) is 19.3 Å². The first-order valence-corrected chi connectivity index (χ1v) is 14.4. The molecule has 1 saturated carbocycles. The second-order valence-corrected chi connectivity index (χ2v) is 12.2. The highest BCUT2D eigenvalue weighted by Crippen LogP contribution is 2.55. The molecule has 200 valence electrons. The lowest BCUT2D eigenvalue weighted by Gasteiger charge is -2.40. The van der Waals surface area contributed by atoms with Crippen LogP contribution in [0.4, 0.5) is 16.3 Å². The normalized spacial score (nSPS) is 20.6. The molecule has 2 heterocycles. The Morgan fingerprint density at radius 3 is 2.29 bits per heavy atom. The Kier molecular flexibility index (Phi) is 7.11. The lowest BCUT2D eigenvalue weighted by atomic mass is 10.1. The number of hydrogen-bond acceptors (Lipinski definition) is 7. The number of ether oxygens (including phenoxy) is 1. The molecule has 5 rings (SSSR count). The average Bonchev–Trinajstić information content (AvgIpc) is 3.73. The van der Waals surface area contributed by atoms with Crippen LogP contribution in [0.5, 0.6) is 0 Å². The number of nitrogens with one attached hydrogen (secondary N) is 2. The molecule has 2 amide bonds. The highest BCUT2D eigenvalue weighted by atomic mass is 32.2. The fourth-order valence-electron chi connectivity index (χ4n) is 5.02. The van der Waals surface area contributed by atoms with E-state index in [0.29, 0.717) is 60.5 Å². The Morgan fingerprint density at radius 1 is 1.03 bits per heavy atom. The number of anilines is 2. The Bertz CT molecular complexity index is 1400. The number of benzene rings is 2. The quantitative estimate of drug-likeness (QED) is 0.462. The fourth-order valence-corrected chi connectivity index (χ4v) is 7.01. The van der Waals surface area contributed by atoms with Crippen molar-refractivity contribution < 1.29 is 17.9 Å². The predicted octanol–water partition coefficient (Wildman–Crippen LogP) is 4.36. The van der Waals surface area contributed by atoms with Crippen LogP contribution >= 0.6 is 0 Å². The number of carbonyl (C=O) groups is 1. The topological polar surface area (TPSA) is 114 Å². The molecular weight excluding hydrogens is 502 g/mol. The SMILES string of the molecule is CCNC(=O)Nc1ccc(-c2nc(N3[C@@H](C)COC[C@@H]3C)cc(C3(S(=O)(=O)c4ccccc4)CC3)n2)cc1. The van der Waals surface area contributed by atoms with Gasteiger partial charge in [-0.05, 0) is 70.0 Å². The maximum Gasteiger partial charge on any atom is 0.319 e. The van der Waals surface area contributed by atoms with E-state index in [-0.39, 0.29) is 18.1 Å². The van der Waals surface area contributed by atoms with E-state index >= 15 is 0 Å². The second-order valence-electron chi connectivity index (χ2n) is 9.95. The molecule has 1 aliphatic heterocycles. The van der Waals surface area contributed by atoms with Gasteiger partial charge in [-0.1, -0.05) is 18.2 Å². The number of carbonyl (C=O) groups excluding carboxylic acids is 1. The summed E-state index contributed by atoms with van der Waals surface area (Å²) in [7, 11) is -3.67. The molecule has 9 nitrogen and oxygen atoms in total. The summed E-state index contributed by atoms with van der Waals surface area (Å²) < 4.78 is 32.3. The smallest absolute Gasteiger partial charge is 0.319 e. The van der Waals surface area contributed by atoms with Crippen molar-refractivity contribution in [1.29, 1.82) is 0 Å². The number of nitrogens with zero attached hydrogens (tertiary/aromatic N) is 3. The van der Waals surface area contributed by atoms with E-state index in [1.165, 1.54) is 0 Å². The molecule has 0 unspecified atom stereocenters. The lowest BCUT2D eigenvalue weighted by Crippen LogP contribution is -2.50. The molecule has 0 spiro atoms. The van der Waals surface area contributed by atoms with Gasteiger partial charge in [0.15, 0.2) is 15.7 Å². The summed E-state index contributed by atoms with van der Waals surface area (Å²) in [5.74, 6) is 1.13. The summed E-state index contributed by atoms with van der Waals surface area (Å²) in [5, 5.41) is 5.49. The zero-order chi connectivity index (χ0) is 26.9. The van der Waals surface area contributed by atoms with Gasteiger partial charge < -0.3 is 20.3 Å². The monoisotopic (exact) mass is 535 g/mol. The largest absolute Gasteiger partial charge is 0.377 e. The molecule has 2 aliphatic rings. The number of rotatable bonds is 7. The Hall–Kier alpha value is -3.50. The van der Waals surface area contributed by atoms with E-state index in [4.69, 9.17) is 14.7 Å². The van der Waals surface area contributed by atoms with Gasteiger partial charge >= 0.3 is 6.03 Å². The van der Waals surface area contributed by atoms with E-state index in [2.05, 4.69) is 29.4 Å². The highest BCUT2D eigenvalue weighted by Gasteiger charge is 2.58. The molecule has 3 aromatic rings. The molecular formula is C28H33N5O4S. The molecule has 1 aliphatic carbocycles. The molecule has 1 saturated heterocycles. The number of amides is 2. The van der Waals surface area contributed by atoms with Crippen molar-refractivity contribution in [3.05, 3.63) is 66.4 Å². The summed E-state index contributed by atoms with van der Waals surface area (Å²) in [6.45, 7) is 7.66. The molecule has 0 radical (unpaired) electrons. The van der Waals surface area contributed by atoms with Gasteiger partial charge in [0, 0.05) is 23.9 Å². The maximum absolute atomic E-state index is 13.8. The van der Waals surface area contributed by atoms with Crippen LogP contribution in [0.3, 0.4) is 0 Å². The van der Waals surface area contributed by atoms with Crippen molar-refractivity contribution in [3.8, 4) is 11.4 Å². The van der Waals surface area contributed by atoms with Gasteiger partial charge in [-0.15, -0.1) is 0 Å². The van der Waals surface area contributed by atoms with Crippen molar-refractivity contribution >= 4 is 27.4 Å². The minimum Gasteiger partial charge on any atom is -0.377 e. The first-order chi connectivity index (χ1) is 18.2. The van der Waals surface area contributed by atoms with Crippen LogP contribution < -0.4 is 15.5 Å². The number of aromatic nitrogens is 2. The average molecular weight is 536 g/mol. The third-order valence-electron chi connectivity index (χ3n) is 7.12. The van der Waals surface area contributed by atoms with Gasteiger partial charge in [0.05, 0.1) is 35.9 Å². The van der Waals surface area contributed by atoms with Gasteiger partial charge in [-0.3, -0.25) is 0 Å². The summed E-state index contributed by atoms with van der Waals surface area (Å²) in [6.07, 6.45) is 1.01. The molecule has 2 N–H and O–H groups in total. The first-order valence-electron chi connectivity index (χ1n) is 13.0. The van der Waals surface area contributed by atoms with Crippen molar-refractivity contribution in [2.45, 2.75) is 55.3 Å². The molecule has 2 atom stereocenters. The van der Waals surface area contributed by atoms with Crippen LogP contribution in [0.15, 0.2) is 65.6 Å². The molecule has 2 aromatic carbocycles. The lowest BCUT2D eigenvalue weighted by molar-refractivity contribution is 0.0752. The third-order valence-corrected chi connectivity index (χ3v) is 9.66. The van der Waals surface area contributed by atoms with Gasteiger partial charge in [-0.25, -0.2) is 23.2 Å². The van der Waals surface area contributed by atoms with Crippen LogP contribution in [0, 0.1) is 0 Å². The Morgan fingerprint density at radius 2 is 1.68 bits per heavy atom. The van der Waals surface area contributed by atoms with Gasteiger partial charge in [0.1, 0.15) is 10.6 Å². The summed E-state index contributed by atoms with van der Waals surface area (Å²) >= 11 is 0. The van der Waals surface area contributed by atoms with E-state index in [1.54, 1.807) is 36.4 Å².